The van der Waals surface area contributed by atoms with Crippen molar-refractivity contribution in [2.45, 2.75) is 174 Å². The van der Waals surface area contributed by atoms with Crippen LogP contribution in [0.1, 0.15) is 99.6 Å². The lowest BCUT2D eigenvalue weighted by Gasteiger charge is -2.39. The molecule has 2 aliphatic heterocycles. The van der Waals surface area contributed by atoms with Gasteiger partial charge in [0.05, 0.1) is 16.4 Å². The van der Waals surface area contributed by atoms with Crippen LogP contribution in [0.25, 0.3) is 16.8 Å². The molecule has 0 unspecified atom stereocenters. The average molecular weight is 990 g/mol. The summed E-state index contributed by atoms with van der Waals surface area (Å²) in [7, 11) is -2.73. The number of piperidine rings is 1. The maximum Gasteiger partial charge on any atom is 0.435 e. The maximum atomic E-state index is 13.5. The summed E-state index contributed by atoms with van der Waals surface area (Å²) in [6.45, 7) is 31.9. The van der Waals surface area contributed by atoms with E-state index in [9.17, 15) is 14.4 Å². The first kappa shape index (κ1) is 51.2. The number of nitrogens with zero attached hydrogens (tertiary/aromatic N) is 7. The van der Waals surface area contributed by atoms with Gasteiger partial charge in [-0.15, -0.1) is 0 Å². The number of pyridine rings is 1. The molecule has 0 saturated carbocycles. The summed E-state index contributed by atoms with van der Waals surface area (Å²) in [5, 5.41) is 5.87. The van der Waals surface area contributed by atoms with Crippen molar-refractivity contribution in [2.24, 2.45) is 0 Å². The van der Waals surface area contributed by atoms with Crippen LogP contribution in [0.2, 0.25) is 51.4 Å². The molecule has 3 atom stereocenters. The Kier molecular flexibility index (Phi) is 16.0. The highest BCUT2D eigenvalue weighted by atomic mass is 79.9. The summed E-state index contributed by atoms with van der Waals surface area (Å²) in [5.74, 6) is 0.875. The fraction of sp³-hybridized carbons (Fsp3) is 0.689. The van der Waals surface area contributed by atoms with E-state index in [0.717, 1.165) is 58.8 Å². The summed E-state index contributed by atoms with van der Waals surface area (Å²) >= 11 is 4.05. The minimum Gasteiger partial charge on any atom is -0.444 e. The smallest absolute Gasteiger partial charge is 0.435 e. The number of anilines is 2. The minimum absolute atomic E-state index is 0.0150. The van der Waals surface area contributed by atoms with Gasteiger partial charge in [0.2, 0.25) is 0 Å². The van der Waals surface area contributed by atoms with Gasteiger partial charge in [0.1, 0.15) is 30.3 Å². The zero-order valence-electron chi connectivity index (χ0n) is 40.9. The summed E-state index contributed by atoms with van der Waals surface area (Å²) in [6, 6.07) is 5.48. The Morgan fingerprint density at radius 1 is 0.797 bits per heavy atom. The number of hydrogen-bond acceptors (Lipinski definition) is 12. The van der Waals surface area contributed by atoms with E-state index in [2.05, 4.69) is 70.5 Å². The lowest BCUT2D eigenvalue weighted by atomic mass is 9.88. The van der Waals surface area contributed by atoms with E-state index in [4.69, 9.17) is 33.8 Å². The SMILES string of the molecule is CC(C)(C)OC(=O)NN(C(=O)OC(C)(C)C)c1ccc(-c2cnn3c(N(COCC[Si](C)(C)C)COCC[Si](C)(C)C)c(Br)c([C@H]4C[C@H]5CC[C@@H](C4)N5C(=O)OC(C)(C)C)nc23)cn1. The highest BCUT2D eigenvalue weighted by Crippen LogP contribution is 2.47. The Morgan fingerprint density at radius 3 is 1.83 bits per heavy atom. The van der Waals surface area contributed by atoms with Gasteiger partial charge in [0.15, 0.2) is 17.3 Å². The molecular weight excluding hydrogens is 917 g/mol. The Hall–Kier alpha value is -3.79. The minimum atomic E-state index is -1.37. The third kappa shape index (κ3) is 14.4. The molecule has 2 saturated heterocycles. The van der Waals surface area contributed by atoms with Gasteiger partial charge in [0.25, 0.3) is 0 Å². The number of carbonyl (C=O) groups excluding carboxylic acids is 3. The molecule has 0 aromatic carbocycles. The van der Waals surface area contributed by atoms with Crippen molar-refractivity contribution >= 4 is 67.6 Å². The van der Waals surface area contributed by atoms with Crippen LogP contribution in [0.3, 0.4) is 0 Å². The molecule has 0 radical (unpaired) electrons. The monoisotopic (exact) mass is 988 g/mol. The molecule has 64 heavy (non-hydrogen) atoms. The van der Waals surface area contributed by atoms with Gasteiger partial charge in [-0.05, 0) is 128 Å². The predicted octanol–water partition coefficient (Wildman–Crippen LogP) is 10.8. The number of ether oxygens (including phenoxy) is 5. The number of fused-ring (bicyclic) bond motifs is 3. The molecule has 0 aliphatic carbocycles. The lowest BCUT2D eigenvalue weighted by molar-refractivity contribution is 0.00562. The number of aromatic nitrogens is 4. The molecule has 3 aromatic rings. The van der Waals surface area contributed by atoms with Crippen LogP contribution in [0.4, 0.5) is 26.0 Å². The number of hydrazine groups is 1. The molecule has 2 aliphatic rings. The van der Waals surface area contributed by atoms with Crippen LogP contribution in [0, 0.1) is 0 Å². The van der Waals surface area contributed by atoms with Crippen LogP contribution >= 0.6 is 15.9 Å². The van der Waals surface area contributed by atoms with Crippen molar-refractivity contribution in [1.82, 2.24) is 29.9 Å². The highest BCUT2D eigenvalue weighted by molar-refractivity contribution is 9.10. The van der Waals surface area contributed by atoms with E-state index >= 15 is 0 Å². The number of hydrogen-bond donors (Lipinski definition) is 1. The van der Waals surface area contributed by atoms with E-state index in [0.29, 0.717) is 30.0 Å². The Morgan fingerprint density at radius 2 is 1.34 bits per heavy atom. The number of amides is 3. The fourth-order valence-electron chi connectivity index (χ4n) is 7.57. The molecular formula is C45H73BrN8O8Si2. The van der Waals surface area contributed by atoms with Gasteiger partial charge in [-0.1, -0.05) is 39.3 Å². The third-order valence-corrected chi connectivity index (χ3v) is 14.7. The zero-order valence-corrected chi connectivity index (χ0v) is 44.5. The first-order valence-electron chi connectivity index (χ1n) is 22.5. The quantitative estimate of drug-likeness (QED) is 0.0536. The molecule has 356 valence electrons. The zero-order chi connectivity index (χ0) is 47.6. The molecule has 5 rings (SSSR count). The standard InChI is InChI=1S/C45H73BrN8O8Si2/c1-43(2,3)60-40(55)50-53(42(57)62-45(7,8)9)35-19-16-30(26-47-35)34-27-48-54-38(34)49-37(31-24-32-17-18-33(25-31)52(32)41(56)61-44(4,5)6)36(46)39(54)51(28-58-20-22-63(10,11)12)29-59-21-23-64(13,14)15/h16,19,26-27,31-33H,17-18,20-25,28-29H2,1-15H3,(H,50,55)/t31-,32+,33-. The first-order valence-corrected chi connectivity index (χ1v) is 30.7. The number of carbonyl (C=O) groups is 3. The molecule has 5 heterocycles. The second-order valence-corrected chi connectivity index (χ2v) is 34.5. The maximum absolute atomic E-state index is 13.5. The van der Waals surface area contributed by atoms with Gasteiger partial charge in [-0.3, -0.25) is 0 Å². The van der Waals surface area contributed by atoms with Crippen LogP contribution in [0.15, 0.2) is 29.0 Å². The second kappa shape index (κ2) is 20.0. The molecule has 2 bridgehead atoms. The van der Waals surface area contributed by atoms with Gasteiger partial charge in [0, 0.05) is 64.7 Å². The van der Waals surface area contributed by atoms with Crippen molar-refractivity contribution in [3.63, 3.8) is 0 Å². The second-order valence-electron chi connectivity index (χ2n) is 22.4. The van der Waals surface area contributed by atoms with E-state index in [1.54, 1.807) is 66.1 Å². The van der Waals surface area contributed by atoms with Crippen LogP contribution in [-0.4, -0.2) is 114 Å². The van der Waals surface area contributed by atoms with Crippen molar-refractivity contribution in [3.8, 4) is 11.1 Å². The summed E-state index contributed by atoms with van der Waals surface area (Å²) in [6.07, 6.45) is 4.67. The molecule has 16 nitrogen and oxygen atoms in total. The van der Waals surface area contributed by atoms with Crippen LogP contribution in [-0.2, 0) is 23.7 Å². The van der Waals surface area contributed by atoms with Crippen molar-refractivity contribution in [2.75, 3.05) is 36.6 Å². The van der Waals surface area contributed by atoms with Crippen molar-refractivity contribution in [1.29, 1.82) is 0 Å². The molecule has 2 fully saturated rings. The molecule has 3 amide bonds. The Labute approximate surface area is 390 Å². The predicted molar refractivity (Wildman–Crippen MR) is 259 cm³/mol. The number of rotatable bonds is 14. The first-order chi connectivity index (χ1) is 29.5. The lowest BCUT2D eigenvalue weighted by Crippen LogP contribution is -2.50. The summed E-state index contributed by atoms with van der Waals surface area (Å²) in [5.41, 5.74) is 3.08. The molecule has 0 spiro atoms. The molecule has 3 aromatic heterocycles. The van der Waals surface area contributed by atoms with E-state index in [1.807, 2.05) is 30.2 Å². The third-order valence-electron chi connectivity index (χ3n) is 10.6. The van der Waals surface area contributed by atoms with Gasteiger partial charge in [-0.25, -0.2) is 29.8 Å². The molecule has 1 N–H and O–H groups in total. The van der Waals surface area contributed by atoms with Gasteiger partial charge in [-0.2, -0.15) is 14.6 Å². The topological polar surface area (TPSA) is 162 Å². The number of nitrogens with one attached hydrogen (secondary N) is 1. The van der Waals surface area contributed by atoms with Crippen LogP contribution < -0.4 is 15.3 Å². The largest absolute Gasteiger partial charge is 0.444 e. The number of halogens is 1. The average Bonchev–Trinajstić information content (AvgIpc) is 3.67. The Bertz CT molecular complexity index is 2070. The van der Waals surface area contributed by atoms with Gasteiger partial charge >= 0.3 is 18.3 Å². The van der Waals surface area contributed by atoms with E-state index in [-0.39, 0.29) is 43.4 Å². The van der Waals surface area contributed by atoms with E-state index in [1.165, 1.54) is 0 Å². The van der Waals surface area contributed by atoms with Gasteiger partial charge < -0.3 is 33.5 Å². The van der Waals surface area contributed by atoms with Crippen molar-refractivity contribution < 1.29 is 38.1 Å². The normalized spacial score (nSPS) is 18.2. The highest BCUT2D eigenvalue weighted by Gasteiger charge is 2.46. The van der Waals surface area contributed by atoms with Crippen molar-refractivity contribution in [3.05, 3.63) is 34.7 Å². The Balaban J connectivity index is 1.59. The molecule has 19 heteroatoms. The van der Waals surface area contributed by atoms with E-state index < -0.39 is 45.1 Å². The fourth-order valence-corrected chi connectivity index (χ4v) is 9.92. The summed E-state index contributed by atoms with van der Waals surface area (Å²) < 4.78 is 32.4. The summed E-state index contributed by atoms with van der Waals surface area (Å²) in [4.78, 5) is 53.9. The van der Waals surface area contributed by atoms with Crippen LogP contribution in [0.5, 0.6) is 0 Å².